The molecule has 0 amide bonds. The third-order valence-electron chi connectivity index (χ3n) is 5.07. The van der Waals surface area contributed by atoms with E-state index in [0.717, 1.165) is 18.4 Å². The van der Waals surface area contributed by atoms with Crippen molar-refractivity contribution in [3.63, 3.8) is 0 Å². The second kappa shape index (κ2) is 8.70. The third-order valence-corrected chi connectivity index (χ3v) is 5.07. The highest BCUT2D eigenvalue weighted by Crippen LogP contribution is 2.30. The van der Waals surface area contributed by atoms with Crippen LogP contribution < -0.4 is 0 Å². The number of rotatable bonds is 7. The number of aliphatic hydroxyl groups is 1. The molecule has 0 aliphatic rings. The average molecular weight is 356 g/mol. The van der Waals surface area contributed by atoms with Crippen molar-refractivity contribution in [2.45, 2.75) is 71.2 Å². The fraction of sp³-hybridized carbons (Fsp3) is 0.478. The van der Waals surface area contributed by atoms with Gasteiger partial charge in [0, 0.05) is 17.6 Å². The van der Waals surface area contributed by atoms with E-state index in [1.807, 2.05) is 6.07 Å². The topological polar surface area (TPSA) is 43.7 Å². The lowest BCUT2D eigenvalue weighted by atomic mass is 9.92. The highest BCUT2D eigenvalue weighted by molar-refractivity contribution is 5.28. The fourth-order valence-electron chi connectivity index (χ4n) is 3.93. The monoisotopic (exact) mass is 355 g/mol. The van der Waals surface area contributed by atoms with Gasteiger partial charge in [0.1, 0.15) is 5.75 Å². The van der Waals surface area contributed by atoms with E-state index in [1.165, 1.54) is 5.56 Å². The summed E-state index contributed by atoms with van der Waals surface area (Å²) in [6.07, 6.45) is 1.46. The molecule has 3 unspecified atom stereocenters. The number of benzene rings is 2. The van der Waals surface area contributed by atoms with E-state index in [1.54, 1.807) is 24.3 Å². The lowest BCUT2D eigenvalue weighted by molar-refractivity contribution is -0.0215. The summed E-state index contributed by atoms with van der Waals surface area (Å²) in [6, 6.07) is 17.7. The maximum absolute atomic E-state index is 10.9. The third kappa shape index (κ3) is 5.33. The highest BCUT2D eigenvalue weighted by Gasteiger charge is 2.34. The molecule has 0 spiro atoms. The van der Waals surface area contributed by atoms with Crippen LogP contribution in [0.15, 0.2) is 54.6 Å². The Morgan fingerprint density at radius 3 is 2.04 bits per heavy atom. The standard InChI is InChI=1S/C23H33NO2/c1-17(11-12-19-9-7-6-8-10-19)24(23(3,4)5)18(2)22(26)20-13-15-21(25)16-14-20/h6-10,13-18,22,25-26H,11-12H2,1-5H3. The normalized spacial score (nSPS) is 15.7. The molecule has 0 aromatic heterocycles. The Hall–Kier alpha value is -1.84. The largest absolute Gasteiger partial charge is 0.508 e. The molecule has 0 heterocycles. The quantitative estimate of drug-likeness (QED) is 0.739. The van der Waals surface area contributed by atoms with Crippen LogP contribution >= 0.6 is 0 Å². The number of aryl methyl sites for hydroxylation is 1. The van der Waals surface area contributed by atoms with Gasteiger partial charge in [-0.2, -0.15) is 0 Å². The molecule has 3 nitrogen and oxygen atoms in total. The van der Waals surface area contributed by atoms with Gasteiger partial charge in [-0.05, 0) is 70.7 Å². The zero-order valence-electron chi connectivity index (χ0n) is 16.7. The lowest BCUT2D eigenvalue weighted by Gasteiger charge is -2.46. The molecule has 0 fully saturated rings. The predicted octanol–water partition coefficient (Wildman–Crippen LogP) is 4.94. The van der Waals surface area contributed by atoms with Crippen LogP contribution in [0.1, 0.15) is 58.3 Å². The second-order valence-corrected chi connectivity index (χ2v) is 8.23. The second-order valence-electron chi connectivity index (χ2n) is 8.23. The van der Waals surface area contributed by atoms with E-state index in [4.69, 9.17) is 0 Å². The Kier molecular flexibility index (Phi) is 6.85. The molecule has 142 valence electrons. The summed E-state index contributed by atoms with van der Waals surface area (Å²) in [5.74, 6) is 0.220. The number of phenolic OH excluding ortho intramolecular Hbond substituents is 1. The summed E-state index contributed by atoms with van der Waals surface area (Å²) in [7, 11) is 0. The lowest BCUT2D eigenvalue weighted by Crippen LogP contribution is -2.53. The smallest absolute Gasteiger partial charge is 0.115 e. The highest BCUT2D eigenvalue weighted by atomic mass is 16.3. The Balaban J connectivity index is 2.13. The molecule has 3 atom stereocenters. The van der Waals surface area contributed by atoms with E-state index < -0.39 is 6.10 Å². The van der Waals surface area contributed by atoms with Gasteiger partial charge in [0.15, 0.2) is 0 Å². The number of aromatic hydroxyl groups is 1. The zero-order chi connectivity index (χ0) is 19.3. The van der Waals surface area contributed by atoms with Crippen molar-refractivity contribution in [3.05, 3.63) is 65.7 Å². The molecule has 3 heteroatoms. The van der Waals surface area contributed by atoms with Crippen molar-refractivity contribution in [1.29, 1.82) is 0 Å². The molecular formula is C23H33NO2. The number of phenols is 1. The maximum Gasteiger partial charge on any atom is 0.115 e. The number of aliphatic hydroxyl groups excluding tert-OH is 1. The minimum absolute atomic E-state index is 0.0367. The first-order valence-corrected chi connectivity index (χ1v) is 9.49. The molecule has 2 aromatic carbocycles. The van der Waals surface area contributed by atoms with E-state index in [9.17, 15) is 10.2 Å². The van der Waals surface area contributed by atoms with Gasteiger partial charge >= 0.3 is 0 Å². The predicted molar refractivity (Wildman–Crippen MR) is 108 cm³/mol. The molecule has 0 radical (unpaired) electrons. The summed E-state index contributed by atoms with van der Waals surface area (Å²) >= 11 is 0. The first-order valence-electron chi connectivity index (χ1n) is 9.49. The van der Waals surface area contributed by atoms with Crippen LogP contribution in [0.2, 0.25) is 0 Å². The van der Waals surface area contributed by atoms with Gasteiger partial charge in [0.25, 0.3) is 0 Å². The summed E-state index contributed by atoms with van der Waals surface area (Å²) < 4.78 is 0. The zero-order valence-corrected chi connectivity index (χ0v) is 16.7. The Labute approximate surface area is 158 Å². The fourth-order valence-corrected chi connectivity index (χ4v) is 3.93. The molecule has 0 aliphatic heterocycles. The van der Waals surface area contributed by atoms with Crippen molar-refractivity contribution in [2.24, 2.45) is 0 Å². The molecule has 0 bridgehead atoms. The van der Waals surface area contributed by atoms with Gasteiger partial charge in [-0.1, -0.05) is 42.5 Å². The first kappa shape index (κ1) is 20.5. The van der Waals surface area contributed by atoms with Gasteiger partial charge in [-0.15, -0.1) is 0 Å². The minimum Gasteiger partial charge on any atom is -0.508 e. The molecule has 2 aromatic rings. The van der Waals surface area contributed by atoms with Gasteiger partial charge in [-0.25, -0.2) is 0 Å². The van der Waals surface area contributed by atoms with Crippen LogP contribution in [-0.2, 0) is 6.42 Å². The SMILES string of the molecule is CC(CCc1ccccc1)N(C(C)C(O)c1ccc(O)cc1)C(C)(C)C. The van der Waals surface area contributed by atoms with Crippen LogP contribution in [0, 0.1) is 0 Å². The first-order chi connectivity index (χ1) is 12.2. The van der Waals surface area contributed by atoms with Crippen LogP contribution in [0.5, 0.6) is 5.75 Å². The van der Waals surface area contributed by atoms with Crippen molar-refractivity contribution in [3.8, 4) is 5.75 Å². The molecule has 26 heavy (non-hydrogen) atoms. The van der Waals surface area contributed by atoms with Crippen molar-refractivity contribution >= 4 is 0 Å². The molecule has 0 saturated carbocycles. The maximum atomic E-state index is 10.9. The molecule has 2 rings (SSSR count). The van der Waals surface area contributed by atoms with Crippen LogP contribution in [0.3, 0.4) is 0 Å². The van der Waals surface area contributed by atoms with Crippen molar-refractivity contribution < 1.29 is 10.2 Å². The summed E-state index contributed by atoms with van der Waals surface area (Å²) in [6.45, 7) is 10.9. The van der Waals surface area contributed by atoms with Crippen molar-refractivity contribution in [2.75, 3.05) is 0 Å². The van der Waals surface area contributed by atoms with E-state index in [0.29, 0.717) is 6.04 Å². The minimum atomic E-state index is -0.603. The summed E-state index contributed by atoms with van der Waals surface area (Å²) in [5, 5.41) is 20.4. The Morgan fingerprint density at radius 2 is 1.50 bits per heavy atom. The van der Waals surface area contributed by atoms with Gasteiger partial charge in [-0.3, -0.25) is 4.90 Å². The molecule has 0 aliphatic carbocycles. The average Bonchev–Trinajstić information content (AvgIpc) is 2.59. The van der Waals surface area contributed by atoms with Crippen LogP contribution in [0.4, 0.5) is 0 Å². The number of nitrogens with zero attached hydrogens (tertiary/aromatic N) is 1. The van der Waals surface area contributed by atoms with E-state index >= 15 is 0 Å². The Morgan fingerprint density at radius 1 is 0.923 bits per heavy atom. The number of hydrogen-bond acceptors (Lipinski definition) is 3. The van der Waals surface area contributed by atoms with Crippen LogP contribution in [-0.4, -0.2) is 32.7 Å². The molecular weight excluding hydrogens is 322 g/mol. The van der Waals surface area contributed by atoms with Gasteiger partial charge in [0.05, 0.1) is 6.10 Å². The van der Waals surface area contributed by atoms with Crippen molar-refractivity contribution in [1.82, 2.24) is 4.90 Å². The van der Waals surface area contributed by atoms with Crippen LogP contribution in [0.25, 0.3) is 0 Å². The molecule has 0 saturated heterocycles. The van der Waals surface area contributed by atoms with E-state index in [2.05, 4.69) is 63.8 Å². The summed E-state index contributed by atoms with van der Waals surface area (Å²) in [4.78, 5) is 2.41. The summed E-state index contributed by atoms with van der Waals surface area (Å²) in [5.41, 5.74) is 2.12. The van der Waals surface area contributed by atoms with Gasteiger partial charge < -0.3 is 10.2 Å². The van der Waals surface area contributed by atoms with Gasteiger partial charge in [0.2, 0.25) is 0 Å². The molecule has 2 N–H and O–H groups in total. The van der Waals surface area contributed by atoms with E-state index in [-0.39, 0.29) is 17.3 Å². The Bertz CT molecular complexity index is 661. The number of hydrogen-bond donors (Lipinski definition) is 2.